The Morgan fingerprint density at radius 1 is 1.18 bits per heavy atom. The third-order valence-electron chi connectivity index (χ3n) is 5.33. The zero-order chi connectivity index (χ0) is 20.7. The van der Waals surface area contributed by atoms with Crippen molar-refractivity contribution in [3.63, 3.8) is 0 Å². The first-order valence-electron chi connectivity index (χ1n) is 9.07. The second-order valence-corrected chi connectivity index (χ2v) is 7.86. The molecule has 3 rings (SSSR count). The SMILES string of the molecule is C=C(c1c(Cl)cccc1N(C)c1ccc(C(C)(F)F)cc1)C1CCC(F)(F)C1. The van der Waals surface area contributed by atoms with Crippen LogP contribution in [0.25, 0.3) is 5.57 Å². The van der Waals surface area contributed by atoms with E-state index >= 15 is 0 Å². The van der Waals surface area contributed by atoms with Crippen LogP contribution in [0.2, 0.25) is 5.02 Å². The maximum Gasteiger partial charge on any atom is 0.270 e. The molecule has 0 aromatic heterocycles. The summed E-state index contributed by atoms with van der Waals surface area (Å²) in [6.45, 7) is 4.92. The molecule has 2 aromatic carbocycles. The molecule has 0 N–H and O–H groups in total. The molecule has 0 aliphatic heterocycles. The Hall–Kier alpha value is -2.01. The summed E-state index contributed by atoms with van der Waals surface area (Å²) in [6.07, 6.45) is -0.0278. The van der Waals surface area contributed by atoms with Gasteiger partial charge in [0, 0.05) is 49.3 Å². The smallest absolute Gasteiger partial charge is 0.270 e. The van der Waals surface area contributed by atoms with Crippen LogP contribution in [0.4, 0.5) is 28.9 Å². The highest BCUT2D eigenvalue weighted by molar-refractivity contribution is 6.33. The fraction of sp³-hybridized carbons (Fsp3) is 0.364. The minimum Gasteiger partial charge on any atom is -0.344 e. The van der Waals surface area contributed by atoms with E-state index in [4.69, 9.17) is 11.6 Å². The molecule has 2 aromatic rings. The number of anilines is 2. The lowest BCUT2D eigenvalue weighted by Gasteiger charge is -2.26. The van der Waals surface area contributed by atoms with Crippen molar-refractivity contribution in [1.29, 1.82) is 0 Å². The minimum absolute atomic E-state index is 0.0754. The number of alkyl halides is 4. The summed E-state index contributed by atoms with van der Waals surface area (Å²) >= 11 is 6.42. The van der Waals surface area contributed by atoms with Crippen LogP contribution in [0, 0.1) is 5.92 Å². The molecule has 1 unspecified atom stereocenters. The number of rotatable bonds is 5. The van der Waals surface area contributed by atoms with E-state index in [1.54, 1.807) is 36.2 Å². The molecule has 1 nitrogen and oxygen atoms in total. The minimum atomic E-state index is -2.92. The summed E-state index contributed by atoms with van der Waals surface area (Å²) in [5, 5.41) is 0.432. The molecular formula is C22H22ClF4N. The number of nitrogens with zero attached hydrogens (tertiary/aromatic N) is 1. The molecule has 1 fully saturated rings. The van der Waals surface area contributed by atoms with Gasteiger partial charge in [0.05, 0.1) is 5.02 Å². The van der Waals surface area contributed by atoms with Gasteiger partial charge in [0.15, 0.2) is 0 Å². The van der Waals surface area contributed by atoms with Crippen LogP contribution < -0.4 is 4.90 Å². The molecule has 0 radical (unpaired) electrons. The molecule has 28 heavy (non-hydrogen) atoms. The van der Waals surface area contributed by atoms with Gasteiger partial charge in [-0.05, 0) is 42.2 Å². The summed E-state index contributed by atoms with van der Waals surface area (Å²) in [5.41, 5.74) is 2.51. The molecule has 1 atom stereocenters. The van der Waals surface area contributed by atoms with Crippen molar-refractivity contribution >= 4 is 28.5 Å². The molecule has 6 heteroatoms. The van der Waals surface area contributed by atoms with E-state index < -0.39 is 11.8 Å². The number of benzene rings is 2. The van der Waals surface area contributed by atoms with Gasteiger partial charge in [0.2, 0.25) is 5.92 Å². The number of hydrogen-bond donors (Lipinski definition) is 0. The molecule has 1 aliphatic carbocycles. The molecule has 1 saturated carbocycles. The lowest BCUT2D eigenvalue weighted by Crippen LogP contribution is -2.14. The van der Waals surface area contributed by atoms with Crippen molar-refractivity contribution in [3.8, 4) is 0 Å². The highest BCUT2D eigenvalue weighted by Crippen LogP contribution is 2.48. The number of hydrogen-bond acceptors (Lipinski definition) is 1. The van der Waals surface area contributed by atoms with Gasteiger partial charge in [-0.15, -0.1) is 0 Å². The van der Waals surface area contributed by atoms with Gasteiger partial charge >= 0.3 is 0 Å². The largest absolute Gasteiger partial charge is 0.344 e. The maximum absolute atomic E-state index is 13.7. The van der Waals surface area contributed by atoms with Crippen molar-refractivity contribution in [1.82, 2.24) is 0 Å². The van der Waals surface area contributed by atoms with Crippen LogP contribution in [-0.2, 0) is 5.92 Å². The van der Waals surface area contributed by atoms with E-state index in [-0.39, 0.29) is 24.3 Å². The third-order valence-corrected chi connectivity index (χ3v) is 5.65. The first-order chi connectivity index (χ1) is 13.0. The predicted octanol–water partition coefficient (Wildman–Crippen LogP) is 7.67. The molecule has 0 spiro atoms. The summed E-state index contributed by atoms with van der Waals surface area (Å²) in [5.74, 6) is -5.94. The first kappa shape index (κ1) is 20.7. The zero-order valence-corrected chi connectivity index (χ0v) is 16.5. The Kier molecular flexibility index (Phi) is 5.50. The lowest BCUT2D eigenvalue weighted by atomic mass is 9.91. The predicted molar refractivity (Wildman–Crippen MR) is 107 cm³/mol. The summed E-state index contributed by atoms with van der Waals surface area (Å²) < 4.78 is 54.3. The molecule has 0 amide bonds. The Morgan fingerprint density at radius 3 is 2.36 bits per heavy atom. The van der Waals surface area contributed by atoms with Gasteiger partial charge in [0.25, 0.3) is 5.92 Å². The normalized spacial score (nSPS) is 18.9. The van der Waals surface area contributed by atoms with Crippen molar-refractivity contribution in [2.75, 3.05) is 11.9 Å². The van der Waals surface area contributed by atoms with Gasteiger partial charge < -0.3 is 4.90 Å². The fourth-order valence-electron chi connectivity index (χ4n) is 3.68. The van der Waals surface area contributed by atoms with Gasteiger partial charge in [-0.1, -0.05) is 36.4 Å². The van der Waals surface area contributed by atoms with Crippen molar-refractivity contribution in [3.05, 3.63) is 65.2 Å². The Labute approximate surface area is 167 Å². The van der Waals surface area contributed by atoms with Gasteiger partial charge in [-0.2, -0.15) is 0 Å². The van der Waals surface area contributed by atoms with E-state index in [0.29, 0.717) is 34.0 Å². The average Bonchev–Trinajstić information content (AvgIpc) is 2.99. The van der Waals surface area contributed by atoms with E-state index in [2.05, 4.69) is 6.58 Å². The highest BCUT2D eigenvalue weighted by Gasteiger charge is 2.41. The highest BCUT2D eigenvalue weighted by atomic mass is 35.5. The van der Waals surface area contributed by atoms with E-state index in [1.807, 2.05) is 6.07 Å². The fourth-order valence-corrected chi connectivity index (χ4v) is 3.97. The standard InChI is InChI=1S/C22H22ClF4N/c1-14(15-11-12-22(26,27)13-15)20-18(23)5-4-6-19(20)28(3)17-9-7-16(8-10-17)21(2,24)25/h4-10,15H,1,11-13H2,2-3H3. The molecule has 0 saturated heterocycles. The Morgan fingerprint density at radius 2 is 1.82 bits per heavy atom. The second kappa shape index (κ2) is 7.43. The maximum atomic E-state index is 13.7. The zero-order valence-electron chi connectivity index (χ0n) is 15.8. The quantitative estimate of drug-likeness (QED) is 0.456. The monoisotopic (exact) mass is 411 g/mol. The van der Waals surface area contributed by atoms with Crippen molar-refractivity contribution < 1.29 is 17.6 Å². The molecule has 1 aliphatic rings. The van der Waals surface area contributed by atoms with Crippen LogP contribution in [0.5, 0.6) is 0 Å². The van der Waals surface area contributed by atoms with E-state index in [9.17, 15) is 17.6 Å². The van der Waals surface area contributed by atoms with Crippen LogP contribution >= 0.6 is 11.6 Å². The van der Waals surface area contributed by atoms with E-state index in [0.717, 1.165) is 6.92 Å². The lowest BCUT2D eigenvalue weighted by molar-refractivity contribution is 0.00703. The second-order valence-electron chi connectivity index (χ2n) is 7.45. The van der Waals surface area contributed by atoms with Crippen LogP contribution in [0.3, 0.4) is 0 Å². The van der Waals surface area contributed by atoms with Crippen LogP contribution in [-0.4, -0.2) is 13.0 Å². The third kappa shape index (κ3) is 4.19. The summed E-state index contributed by atoms with van der Waals surface area (Å²) in [4.78, 5) is 1.80. The Balaban J connectivity index is 1.94. The van der Waals surface area contributed by atoms with Gasteiger partial charge in [-0.3, -0.25) is 0 Å². The molecule has 0 bridgehead atoms. The van der Waals surface area contributed by atoms with Crippen LogP contribution in [0.15, 0.2) is 49.0 Å². The van der Waals surface area contributed by atoms with Crippen molar-refractivity contribution in [2.24, 2.45) is 5.92 Å². The van der Waals surface area contributed by atoms with Gasteiger partial charge in [-0.25, -0.2) is 17.6 Å². The topological polar surface area (TPSA) is 3.24 Å². The average molecular weight is 412 g/mol. The van der Waals surface area contributed by atoms with Crippen molar-refractivity contribution in [2.45, 2.75) is 38.0 Å². The number of allylic oxidation sites excluding steroid dienone is 1. The van der Waals surface area contributed by atoms with E-state index in [1.165, 1.54) is 12.1 Å². The Bertz CT molecular complexity index is 871. The molecule has 150 valence electrons. The number of halogens is 5. The summed E-state index contributed by atoms with van der Waals surface area (Å²) in [6, 6.07) is 11.2. The molecular weight excluding hydrogens is 390 g/mol. The summed E-state index contributed by atoms with van der Waals surface area (Å²) in [7, 11) is 1.78. The molecule has 0 heterocycles. The van der Waals surface area contributed by atoms with Crippen LogP contribution in [0.1, 0.15) is 37.3 Å². The first-order valence-corrected chi connectivity index (χ1v) is 9.45. The van der Waals surface area contributed by atoms with Gasteiger partial charge in [0.1, 0.15) is 0 Å².